The Morgan fingerprint density at radius 3 is 2.74 bits per heavy atom. The van der Waals surface area contributed by atoms with Crippen molar-refractivity contribution in [2.75, 3.05) is 5.32 Å². The van der Waals surface area contributed by atoms with Crippen molar-refractivity contribution in [3.63, 3.8) is 0 Å². The Bertz CT molecular complexity index is 649. The average Bonchev–Trinajstić information content (AvgIpc) is 2.37. The molecule has 0 bridgehead atoms. The maximum atomic E-state index is 13.3. The number of carbonyl (C=O) groups is 1. The van der Waals surface area contributed by atoms with Gasteiger partial charge in [0.2, 0.25) is 0 Å². The van der Waals surface area contributed by atoms with Crippen molar-refractivity contribution in [3.8, 4) is 0 Å². The van der Waals surface area contributed by atoms with Gasteiger partial charge >= 0.3 is 0 Å². The van der Waals surface area contributed by atoms with E-state index in [1.54, 1.807) is 12.1 Å². The maximum absolute atomic E-state index is 13.3. The van der Waals surface area contributed by atoms with Crippen LogP contribution in [0.3, 0.4) is 0 Å². The van der Waals surface area contributed by atoms with Crippen molar-refractivity contribution in [1.29, 1.82) is 0 Å². The van der Waals surface area contributed by atoms with Crippen LogP contribution < -0.4 is 5.32 Å². The van der Waals surface area contributed by atoms with E-state index in [-0.39, 0.29) is 10.6 Å². The molecule has 19 heavy (non-hydrogen) atoms. The molecule has 0 spiro atoms. The molecule has 2 aromatic rings. The summed E-state index contributed by atoms with van der Waals surface area (Å²) in [6, 6.07) is 7.31. The number of pyridine rings is 1. The highest BCUT2D eigenvalue weighted by atomic mass is 79.9. The van der Waals surface area contributed by atoms with Gasteiger partial charge < -0.3 is 5.32 Å². The Balaban J connectivity index is 2.20. The lowest BCUT2D eigenvalue weighted by molar-refractivity contribution is 0.102. The molecule has 0 atom stereocenters. The molecular formula is C13H9BrClFN2O. The number of amides is 1. The van der Waals surface area contributed by atoms with Gasteiger partial charge in [0.15, 0.2) is 0 Å². The third-order valence-electron chi connectivity index (χ3n) is 2.44. The van der Waals surface area contributed by atoms with Gasteiger partial charge in [0.05, 0.1) is 10.7 Å². The van der Waals surface area contributed by atoms with E-state index < -0.39 is 11.7 Å². The summed E-state index contributed by atoms with van der Waals surface area (Å²) in [6.45, 7) is 1.81. The Labute approximate surface area is 122 Å². The first-order chi connectivity index (χ1) is 8.97. The van der Waals surface area contributed by atoms with Crippen LogP contribution >= 0.6 is 27.5 Å². The Morgan fingerprint density at radius 1 is 1.37 bits per heavy atom. The minimum atomic E-state index is -0.630. The zero-order chi connectivity index (χ0) is 14.0. The van der Waals surface area contributed by atoms with Crippen LogP contribution in [0.1, 0.15) is 16.1 Å². The van der Waals surface area contributed by atoms with Gasteiger partial charge in [-0.2, -0.15) is 0 Å². The average molecular weight is 344 g/mol. The van der Waals surface area contributed by atoms with Gasteiger partial charge in [-0.3, -0.25) is 4.79 Å². The van der Waals surface area contributed by atoms with E-state index in [2.05, 4.69) is 26.2 Å². The van der Waals surface area contributed by atoms with Crippen LogP contribution in [0.4, 0.5) is 10.2 Å². The topological polar surface area (TPSA) is 42.0 Å². The van der Waals surface area contributed by atoms with Crippen molar-refractivity contribution in [2.45, 2.75) is 6.92 Å². The summed E-state index contributed by atoms with van der Waals surface area (Å²) in [5.74, 6) is -0.667. The predicted octanol–water partition coefficient (Wildman–Crippen LogP) is 4.20. The number of anilines is 1. The summed E-state index contributed by atoms with van der Waals surface area (Å²) in [4.78, 5) is 16.1. The van der Waals surface area contributed by atoms with Gasteiger partial charge in [-0.05, 0) is 53.2 Å². The molecule has 0 saturated carbocycles. The number of nitrogens with one attached hydrogen (secondary N) is 1. The normalized spacial score (nSPS) is 10.3. The fraction of sp³-hybridized carbons (Fsp3) is 0.0769. The van der Waals surface area contributed by atoms with Crippen molar-refractivity contribution in [3.05, 3.63) is 56.9 Å². The molecule has 1 aromatic carbocycles. The molecule has 0 radical (unpaired) electrons. The first kappa shape index (κ1) is 14.0. The number of carbonyl (C=O) groups excluding carboxylic acids is 1. The minimum absolute atomic E-state index is 0.0193. The molecular weight excluding hydrogens is 335 g/mol. The summed E-state index contributed by atoms with van der Waals surface area (Å²) in [6.07, 6.45) is 0. The third kappa shape index (κ3) is 3.30. The number of hydrogen-bond donors (Lipinski definition) is 1. The fourth-order valence-electron chi connectivity index (χ4n) is 1.44. The molecule has 98 valence electrons. The van der Waals surface area contributed by atoms with Gasteiger partial charge in [-0.1, -0.05) is 11.6 Å². The Kier molecular flexibility index (Phi) is 4.17. The fourth-order valence-corrected chi connectivity index (χ4v) is 1.78. The van der Waals surface area contributed by atoms with Crippen LogP contribution in [-0.4, -0.2) is 10.9 Å². The number of halogens is 3. The van der Waals surface area contributed by atoms with Crippen LogP contribution in [-0.2, 0) is 0 Å². The highest BCUT2D eigenvalue weighted by molar-refractivity contribution is 9.10. The monoisotopic (exact) mass is 342 g/mol. The number of aryl methyl sites for hydroxylation is 1. The van der Waals surface area contributed by atoms with E-state index in [9.17, 15) is 9.18 Å². The summed E-state index contributed by atoms with van der Waals surface area (Å²) in [5.41, 5.74) is 0.935. The third-order valence-corrected chi connectivity index (χ3v) is 3.59. The second kappa shape index (κ2) is 5.67. The molecule has 2 rings (SSSR count). The van der Waals surface area contributed by atoms with Crippen molar-refractivity contribution < 1.29 is 9.18 Å². The molecule has 0 unspecified atom stereocenters. The van der Waals surface area contributed by atoms with E-state index in [1.807, 2.05) is 6.92 Å². The quantitative estimate of drug-likeness (QED) is 0.888. The van der Waals surface area contributed by atoms with Crippen LogP contribution in [0.25, 0.3) is 0 Å². The Hall–Kier alpha value is -1.46. The van der Waals surface area contributed by atoms with Gasteiger partial charge in [0.1, 0.15) is 11.6 Å². The van der Waals surface area contributed by atoms with E-state index in [0.717, 1.165) is 16.2 Å². The highest BCUT2D eigenvalue weighted by Crippen LogP contribution is 2.18. The lowest BCUT2D eigenvalue weighted by Gasteiger charge is -2.06. The van der Waals surface area contributed by atoms with Crippen LogP contribution in [0.2, 0.25) is 5.02 Å². The summed E-state index contributed by atoms with van der Waals surface area (Å²) in [7, 11) is 0. The van der Waals surface area contributed by atoms with Gasteiger partial charge in [-0.15, -0.1) is 0 Å². The summed E-state index contributed by atoms with van der Waals surface area (Å²) in [5, 5.41) is 2.57. The molecule has 1 aromatic heterocycles. The maximum Gasteiger partial charge on any atom is 0.256 e. The van der Waals surface area contributed by atoms with Gasteiger partial charge in [0.25, 0.3) is 5.91 Å². The molecule has 1 heterocycles. The molecule has 0 aliphatic carbocycles. The molecule has 1 N–H and O–H groups in total. The first-order valence-electron chi connectivity index (χ1n) is 5.37. The SMILES string of the molecule is Cc1nc(NC(=O)c2ccc(Cl)c(F)c2)ccc1Br. The van der Waals surface area contributed by atoms with E-state index in [4.69, 9.17) is 11.6 Å². The number of hydrogen-bond acceptors (Lipinski definition) is 2. The number of aromatic nitrogens is 1. The molecule has 1 amide bonds. The van der Waals surface area contributed by atoms with Crippen molar-refractivity contribution in [1.82, 2.24) is 4.98 Å². The highest BCUT2D eigenvalue weighted by Gasteiger charge is 2.10. The largest absolute Gasteiger partial charge is 0.307 e. The second-order valence-electron chi connectivity index (χ2n) is 3.85. The molecule has 0 aliphatic rings. The summed E-state index contributed by atoms with van der Waals surface area (Å²) >= 11 is 8.88. The van der Waals surface area contributed by atoms with Crippen molar-refractivity contribution in [2.24, 2.45) is 0 Å². The van der Waals surface area contributed by atoms with Gasteiger partial charge in [0, 0.05) is 10.0 Å². The van der Waals surface area contributed by atoms with Crippen LogP contribution in [0.5, 0.6) is 0 Å². The summed E-state index contributed by atoms with van der Waals surface area (Å²) < 4.78 is 14.1. The first-order valence-corrected chi connectivity index (χ1v) is 6.54. The lowest BCUT2D eigenvalue weighted by atomic mass is 10.2. The molecule has 0 aliphatic heterocycles. The van der Waals surface area contributed by atoms with Crippen molar-refractivity contribution >= 4 is 39.3 Å². The second-order valence-corrected chi connectivity index (χ2v) is 5.11. The molecule has 6 heteroatoms. The predicted molar refractivity (Wildman–Crippen MR) is 76.0 cm³/mol. The number of benzene rings is 1. The standard InChI is InChI=1S/C13H9BrClFN2O/c1-7-9(14)3-5-12(17-7)18-13(19)8-2-4-10(15)11(16)6-8/h2-6H,1H3,(H,17,18,19). The number of rotatable bonds is 2. The van der Waals surface area contributed by atoms with E-state index >= 15 is 0 Å². The zero-order valence-corrected chi connectivity index (χ0v) is 12.2. The van der Waals surface area contributed by atoms with Gasteiger partial charge in [-0.25, -0.2) is 9.37 Å². The van der Waals surface area contributed by atoms with E-state index in [1.165, 1.54) is 12.1 Å². The van der Waals surface area contributed by atoms with Crippen LogP contribution in [0, 0.1) is 12.7 Å². The smallest absolute Gasteiger partial charge is 0.256 e. The lowest BCUT2D eigenvalue weighted by Crippen LogP contribution is -2.13. The molecule has 3 nitrogen and oxygen atoms in total. The molecule has 0 saturated heterocycles. The molecule has 0 fully saturated rings. The van der Waals surface area contributed by atoms with Crippen LogP contribution in [0.15, 0.2) is 34.8 Å². The Morgan fingerprint density at radius 2 is 2.11 bits per heavy atom. The minimum Gasteiger partial charge on any atom is -0.307 e. The zero-order valence-electron chi connectivity index (χ0n) is 9.88. The van der Waals surface area contributed by atoms with E-state index in [0.29, 0.717) is 5.82 Å². The number of nitrogens with zero attached hydrogens (tertiary/aromatic N) is 1.